The van der Waals surface area contributed by atoms with Crippen molar-refractivity contribution in [3.8, 4) is 0 Å². The second kappa shape index (κ2) is 6.47. The first-order valence-electron chi connectivity index (χ1n) is 6.26. The Morgan fingerprint density at radius 3 is 2.33 bits per heavy atom. The van der Waals surface area contributed by atoms with E-state index in [1.165, 1.54) is 11.8 Å². The summed E-state index contributed by atoms with van der Waals surface area (Å²) < 4.78 is 1.81. The van der Waals surface area contributed by atoms with Gasteiger partial charge in [0.25, 0.3) is 0 Å². The van der Waals surface area contributed by atoms with Crippen LogP contribution in [0.4, 0.5) is 5.82 Å². The molecule has 2 rings (SSSR count). The summed E-state index contributed by atoms with van der Waals surface area (Å²) in [6.07, 6.45) is 1.99. The third-order valence-electron chi connectivity index (χ3n) is 2.66. The highest BCUT2D eigenvalue weighted by Gasteiger charge is 2.22. The summed E-state index contributed by atoms with van der Waals surface area (Å²) in [4.78, 5) is 9.16. The Balaban J connectivity index is 2.41. The third kappa shape index (κ3) is 3.85. The van der Waals surface area contributed by atoms with Gasteiger partial charge in [0.15, 0.2) is 8.68 Å². The molecule has 0 amide bonds. The van der Waals surface area contributed by atoms with Gasteiger partial charge in [-0.05, 0) is 24.9 Å². The fourth-order valence-electron chi connectivity index (χ4n) is 1.47. The van der Waals surface area contributed by atoms with Gasteiger partial charge in [-0.1, -0.05) is 43.9 Å². The summed E-state index contributed by atoms with van der Waals surface area (Å²) in [6, 6.07) is 0. The predicted octanol–water partition coefficient (Wildman–Crippen LogP) is 3.09. The molecule has 114 valence electrons. The van der Waals surface area contributed by atoms with E-state index in [0.29, 0.717) is 5.82 Å². The summed E-state index contributed by atoms with van der Waals surface area (Å²) in [6.45, 7) is 8.16. The van der Waals surface area contributed by atoms with Gasteiger partial charge in [-0.25, -0.2) is 15.8 Å². The zero-order valence-corrected chi connectivity index (χ0v) is 15.0. The number of nitrogens with zero attached hydrogens (tertiary/aromatic N) is 4. The van der Waals surface area contributed by atoms with Crippen molar-refractivity contribution < 1.29 is 0 Å². The summed E-state index contributed by atoms with van der Waals surface area (Å²) in [5.41, 5.74) is 3.41. The van der Waals surface area contributed by atoms with Crippen molar-refractivity contribution in [2.75, 3.05) is 11.7 Å². The van der Waals surface area contributed by atoms with E-state index >= 15 is 0 Å². The molecule has 21 heavy (non-hydrogen) atoms. The lowest BCUT2D eigenvalue weighted by molar-refractivity contribution is 0.538. The number of nitrogen functional groups attached to an aromatic ring is 1. The maximum Gasteiger partial charge on any atom is 0.181 e. The number of thioether (sulfide) groups is 1. The van der Waals surface area contributed by atoms with E-state index in [1.54, 1.807) is 23.1 Å². The van der Waals surface area contributed by atoms with Crippen LogP contribution >= 0.6 is 34.9 Å². The highest BCUT2D eigenvalue weighted by Crippen LogP contribution is 2.36. The van der Waals surface area contributed by atoms with Gasteiger partial charge in [0, 0.05) is 11.0 Å². The maximum atomic E-state index is 5.57. The summed E-state index contributed by atoms with van der Waals surface area (Å²) in [5, 5.41) is 9.12. The topological polar surface area (TPSA) is 89.6 Å². The second-order valence-corrected chi connectivity index (χ2v) is 8.63. The molecule has 2 heterocycles. The van der Waals surface area contributed by atoms with Crippen LogP contribution in [0.5, 0.6) is 0 Å². The van der Waals surface area contributed by atoms with Crippen molar-refractivity contribution in [1.82, 2.24) is 20.2 Å². The quantitative estimate of drug-likeness (QED) is 0.379. The smallest absolute Gasteiger partial charge is 0.181 e. The molecule has 0 saturated carbocycles. The second-order valence-electron chi connectivity index (χ2n) is 5.36. The summed E-state index contributed by atoms with van der Waals surface area (Å²) in [5.74, 6) is 6.97. The standard InChI is InChI=1S/C12H18N6S3/c1-6-7(16-13)14-9(12(2,3)4)15-8(6)20-11-18-17-10(19-5)21-11/h13H2,1-5H3,(H,14,15,16). The Bertz CT molecular complexity index is 634. The van der Waals surface area contributed by atoms with Crippen LogP contribution in [0.2, 0.25) is 0 Å². The average molecular weight is 343 g/mol. The van der Waals surface area contributed by atoms with Crippen LogP contribution in [-0.4, -0.2) is 26.4 Å². The lowest BCUT2D eigenvalue weighted by atomic mass is 9.95. The molecular formula is C12H18N6S3. The van der Waals surface area contributed by atoms with Crippen LogP contribution in [0.1, 0.15) is 32.2 Å². The first-order valence-corrected chi connectivity index (χ1v) is 9.12. The average Bonchev–Trinajstić information content (AvgIpc) is 2.87. The molecule has 9 heteroatoms. The number of hydrazine groups is 1. The van der Waals surface area contributed by atoms with Gasteiger partial charge < -0.3 is 5.43 Å². The Hall–Kier alpha value is -0.900. The van der Waals surface area contributed by atoms with Crippen molar-refractivity contribution in [3.63, 3.8) is 0 Å². The SMILES string of the molecule is CSc1nnc(Sc2nc(C(C)(C)C)nc(NN)c2C)s1. The van der Waals surface area contributed by atoms with E-state index < -0.39 is 0 Å². The van der Waals surface area contributed by atoms with Crippen molar-refractivity contribution >= 4 is 40.7 Å². The van der Waals surface area contributed by atoms with Gasteiger partial charge in [0.05, 0.1) is 0 Å². The van der Waals surface area contributed by atoms with Gasteiger partial charge in [-0.3, -0.25) is 0 Å². The molecule has 0 atom stereocenters. The molecule has 0 aromatic carbocycles. The van der Waals surface area contributed by atoms with Crippen LogP contribution in [0.15, 0.2) is 13.7 Å². The maximum absolute atomic E-state index is 5.57. The number of aromatic nitrogens is 4. The van der Waals surface area contributed by atoms with Crippen LogP contribution < -0.4 is 11.3 Å². The van der Waals surface area contributed by atoms with Crippen LogP contribution in [0, 0.1) is 6.92 Å². The lowest BCUT2D eigenvalue weighted by Gasteiger charge is -2.19. The zero-order valence-electron chi connectivity index (χ0n) is 12.6. The number of rotatable bonds is 4. The first-order chi connectivity index (χ1) is 9.85. The molecule has 0 radical (unpaired) electrons. The molecule has 0 fully saturated rings. The number of anilines is 1. The molecule has 0 aliphatic heterocycles. The molecule has 6 nitrogen and oxygen atoms in total. The lowest BCUT2D eigenvalue weighted by Crippen LogP contribution is -2.20. The Labute approximate surface area is 136 Å². The van der Waals surface area contributed by atoms with Crippen molar-refractivity contribution in [2.24, 2.45) is 5.84 Å². The first kappa shape index (κ1) is 16.5. The molecule has 3 N–H and O–H groups in total. The molecule has 0 unspecified atom stereocenters. The molecule has 0 bridgehead atoms. The van der Waals surface area contributed by atoms with E-state index in [-0.39, 0.29) is 5.41 Å². The molecule has 0 aliphatic rings. The molecule has 0 spiro atoms. The normalized spacial score (nSPS) is 11.7. The summed E-state index contributed by atoms with van der Waals surface area (Å²) >= 11 is 4.64. The Morgan fingerprint density at radius 2 is 1.81 bits per heavy atom. The largest absolute Gasteiger partial charge is 0.308 e. The van der Waals surface area contributed by atoms with Crippen LogP contribution in [0.25, 0.3) is 0 Å². The molecular weight excluding hydrogens is 324 g/mol. The van der Waals surface area contributed by atoms with E-state index in [1.807, 2.05) is 13.2 Å². The Kier molecular flexibility index (Phi) is 5.07. The van der Waals surface area contributed by atoms with Crippen molar-refractivity contribution in [2.45, 2.75) is 46.8 Å². The van der Waals surface area contributed by atoms with E-state index in [9.17, 15) is 0 Å². The zero-order chi connectivity index (χ0) is 15.6. The monoisotopic (exact) mass is 342 g/mol. The van der Waals surface area contributed by atoms with E-state index in [4.69, 9.17) is 5.84 Å². The van der Waals surface area contributed by atoms with Gasteiger partial charge in [0.1, 0.15) is 16.7 Å². The van der Waals surface area contributed by atoms with Crippen molar-refractivity contribution in [1.29, 1.82) is 0 Å². The molecule has 0 aliphatic carbocycles. The predicted molar refractivity (Wildman–Crippen MR) is 89.1 cm³/mol. The minimum absolute atomic E-state index is 0.153. The highest BCUT2D eigenvalue weighted by molar-refractivity contribution is 8.03. The van der Waals surface area contributed by atoms with Crippen LogP contribution in [-0.2, 0) is 5.41 Å². The minimum Gasteiger partial charge on any atom is -0.308 e. The van der Waals surface area contributed by atoms with Crippen LogP contribution in [0.3, 0.4) is 0 Å². The fourth-order valence-corrected chi connectivity index (χ4v) is 3.91. The number of hydrogen-bond acceptors (Lipinski definition) is 9. The van der Waals surface area contributed by atoms with E-state index in [0.717, 1.165) is 25.1 Å². The third-order valence-corrected chi connectivity index (χ3v) is 5.70. The number of hydrogen-bond donors (Lipinski definition) is 2. The van der Waals surface area contributed by atoms with Gasteiger partial charge in [-0.2, -0.15) is 0 Å². The Morgan fingerprint density at radius 1 is 1.14 bits per heavy atom. The number of nitrogens with two attached hydrogens (primary N) is 1. The molecule has 2 aromatic heterocycles. The van der Waals surface area contributed by atoms with Gasteiger partial charge in [0.2, 0.25) is 0 Å². The number of nitrogens with one attached hydrogen (secondary N) is 1. The fraction of sp³-hybridized carbons (Fsp3) is 0.500. The highest BCUT2D eigenvalue weighted by atomic mass is 32.2. The minimum atomic E-state index is -0.153. The molecule has 0 saturated heterocycles. The van der Waals surface area contributed by atoms with E-state index in [2.05, 4.69) is 46.4 Å². The molecule has 2 aromatic rings. The summed E-state index contributed by atoms with van der Waals surface area (Å²) in [7, 11) is 0. The van der Waals surface area contributed by atoms with Crippen molar-refractivity contribution in [3.05, 3.63) is 11.4 Å². The van der Waals surface area contributed by atoms with Gasteiger partial charge in [-0.15, -0.1) is 10.2 Å². The van der Waals surface area contributed by atoms with Gasteiger partial charge >= 0.3 is 0 Å².